The van der Waals surface area contributed by atoms with E-state index in [2.05, 4.69) is 39.6 Å². The van der Waals surface area contributed by atoms with Crippen LogP contribution in [0.3, 0.4) is 0 Å². The van der Waals surface area contributed by atoms with Crippen LogP contribution >= 0.6 is 7.82 Å². The second-order valence-corrected chi connectivity index (χ2v) is 13.7. The molecular formula is C39H34N7O11P. The number of phosphoric acid groups is 1. The van der Waals surface area contributed by atoms with Crippen molar-refractivity contribution in [3.8, 4) is 30.8 Å². The summed E-state index contributed by atoms with van der Waals surface area (Å²) < 4.78 is 31.8. The number of aromatic amines is 1. The monoisotopic (exact) mass is 807 g/mol. The number of carboxylic acids is 1. The van der Waals surface area contributed by atoms with Gasteiger partial charge in [-0.15, -0.1) is 0 Å². The van der Waals surface area contributed by atoms with Gasteiger partial charge in [-0.1, -0.05) is 49.2 Å². The van der Waals surface area contributed by atoms with Gasteiger partial charge in [-0.2, -0.15) is 4.98 Å². The predicted octanol–water partition coefficient (Wildman–Crippen LogP) is 3.78. The molecule has 0 aliphatic heterocycles. The smallest absolute Gasteiger partial charge is 0.480 e. The number of fused-ring (bicyclic) bond motifs is 1. The number of nitrogens with zero attached hydrogens (tertiary/aromatic N) is 3. The Morgan fingerprint density at radius 1 is 0.948 bits per heavy atom. The van der Waals surface area contributed by atoms with E-state index < -0.39 is 37.3 Å². The molecule has 0 spiro atoms. The quantitative estimate of drug-likeness (QED) is 0.0261. The molecule has 1 atom stereocenters. The number of nitrogens with two attached hydrogens (primary N) is 1. The first-order valence-electron chi connectivity index (χ1n) is 17.2. The lowest BCUT2D eigenvalue weighted by molar-refractivity contribution is -0.140. The molecule has 19 heteroatoms. The summed E-state index contributed by atoms with van der Waals surface area (Å²) in [5.41, 5.74) is 7.89. The van der Waals surface area contributed by atoms with Crippen LogP contribution in [0.1, 0.15) is 50.4 Å². The van der Waals surface area contributed by atoms with E-state index in [0.29, 0.717) is 23.4 Å². The Morgan fingerprint density at radius 2 is 1.64 bits per heavy atom. The molecule has 296 valence electrons. The van der Waals surface area contributed by atoms with Crippen LogP contribution in [0.15, 0.2) is 83.8 Å². The maximum Gasteiger partial charge on any atom is 0.604 e. The van der Waals surface area contributed by atoms with Gasteiger partial charge in [0.25, 0.3) is 11.5 Å². The minimum atomic E-state index is -4.09. The number of rotatable bonds is 19. The maximum atomic E-state index is 13.3. The molecule has 2 heterocycles. The zero-order valence-corrected chi connectivity index (χ0v) is 31.3. The Hall–Kier alpha value is -7.53. The number of hydrogen-bond acceptors (Lipinski definition) is 15. The maximum absolute atomic E-state index is 13.3. The summed E-state index contributed by atoms with van der Waals surface area (Å²) in [4.78, 5) is 77.8. The van der Waals surface area contributed by atoms with Gasteiger partial charge in [0, 0.05) is 24.1 Å². The number of Topliss-reactive ketones (excluding diaryl/α,β-unsaturated/α-hetero) is 1. The lowest BCUT2D eigenvalue weighted by atomic mass is 10.0. The molecule has 0 fully saturated rings. The van der Waals surface area contributed by atoms with Crippen LogP contribution in [0.4, 0.5) is 11.6 Å². The van der Waals surface area contributed by atoms with Gasteiger partial charge in [-0.3, -0.25) is 28.7 Å². The predicted molar refractivity (Wildman–Crippen MR) is 208 cm³/mol. The zero-order chi connectivity index (χ0) is 41.7. The van der Waals surface area contributed by atoms with Crippen molar-refractivity contribution in [1.29, 1.82) is 0 Å². The summed E-state index contributed by atoms with van der Waals surface area (Å²) in [5.74, 6) is -3.30. The Bertz CT molecular complexity index is 2490. The van der Waals surface area contributed by atoms with Gasteiger partial charge in [0.05, 0.1) is 30.6 Å². The largest absolute Gasteiger partial charge is 0.604 e. The Kier molecular flexibility index (Phi) is 13.9. The molecule has 0 aliphatic rings. The summed E-state index contributed by atoms with van der Waals surface area (Å²) in [6, 6.07) is 17.7. The minimum Gasteiger partial charge on any atom is -0.480 e. The highest BCUT2D eigenvalue weighted by molar-refractivity contribution is 7.48. The SMILES string of the molecule is C#COP(=O)(OC#C)OCCc1ccc(CC(=O)c2ccccc2OC(=O)CC[C@H](NC(=O)c2ccc(NCc3cnc4nc(N)[nH]c(=O)c4n3)cc2)C(=O)O)cc1. The van der Waals surface area contributed by atoms with Gasteiger partial charge in [0.15, 0.2) is 16.9 Å². The number of H-pyrrole nitrogens is 1. The highest BCUT2D eigenvalue weighted by Gasteiger charge is 2.28. The number of ketones is 1. The minimum absolute atomic E-state index is 0.00722. The number of aromatic nitrogens is 4. The molecule has 0 bridgehead atoms. The number of nitrogens with one attached hydrogen (secondary N) is 3. The average Bonchev–Trinajstić information content (AvgIpc) is 3.19. The number of benzene rings is 3. The number of carbonyl (C=O) groups is 4. The highest BCUT2D eigenvalue weighted by Crippen LogP contribution is 2.48. The lowest BCUT2D eigenvalue weighted by Gasteiger charge is -2.15. The van der Waals surface area contributed by atoms with Gasteiger partial charge < -0.3 is 35.3 Å². The third-order valence-corrected chi connectivity index (χ3v) is 9.27. The number of phosphoric ester groups is 1. The molecule has 3 aromatic carbocycles. The van der Waals surface area contributed by atoms with E-state index in [4.69, 9.17) is 27.8 Å². The Balaban J connectivity index is 1.10. The van der Waals surface area contributed by atoms with Crippen LogP contribution in [-0.4, -0.2) is 61.3 Å². The van der Waals surface area contributed by atoms with E-state index in [-0.39, 0.29) is 72.2 Å². The van der Waals surface area contributed by atoms with Gasteiger partial charge in [0.2, 0.25) is 5.95 Å². The van der Waals surface area contributed by atoms with Crippen molar-refractivity contribution in [1.82, 2.24) is 25.3 Å². The summed E-state index contributed by atoms with van der Waals surface area (Å²) in [6.07, 6.45) is 14.4. The molecule has 0 aliphatic carbocycles. The van der Waals surface area contributed by atoms with Crippen LogP contribution in [-0.2, 0) is 47.1 Å². The average molecular weight is 808 g/mol. The fourth-order valence-electron chi connectivity index (χ4n) is 5.29. The number of ether oxygens (including phenoxy) is 1. The first-order chi connectivity index (χ1) is 27.9. The van der Waals surface area contributed by atoms with Crippen LogP contribution in [0, 0.1) is 25.1 Å². The van der Waals surface area contributed by atoms with Crippen molar-refractivity contribution < 1.29 is 47.2 Å². The number of terminal acetylenes is 2. The van der Waals surface area contributed by atoms with Crippen LogP contribution in [0.25, 0.3) is 11.2 Å². The Labute approximate surface area is 330 Å². The second-order valence-electron chi connectivity index (χ2n) is 12.2. The van der Waals surface area contributed by atoms with Crippen molar-refractivity contribution in [3.63, 3.8) is 0 Å². The second kappa shape index (κ2) is 19.4. The number of anilines is 2. The third kappa shape index (κ3) is 11.5. The fourth-order valence-corrected chi connectivity index (χ4v) is 6.00. The van der Waals surface area contributed by atoms with Gasteiger partial charge >= 0.3 is 19.8 Å². The Morgan fingerprint density at radius 3 is 2.33 bits per heavy atom. The van der Waals surface area contributed by atoms with Crippen molar-refractivity contribution in [2.45, 2.75) is 38.3 Å². The molecule has 0 unspecified atom stereocenters. The van der Waals surface area contributed by atoms with Crippen LogP contribution in [0.5, 0.6) is 5.75 Å². The first-order valence-corrected chi connectivity index (χ1v) is 18.6. The molecular weight excluding hydrogens is 773 g/mol. The zero-order valence-electron chi connectivity index (χ0n) is 30.4. The summed E-state index contributed by atoms with van der Waals surface area (Å²) in [5, 5.41) is 15.3. The van der Waals surface area contributed by atoms with Gasteiger partial charge in [0.1, 0.15) is 24.0 Å². The molecule has 5 rings (SSSR count). The first kappa shape index (κ1) is 41.6. The number of amides is 1. The molecule has 18 nitrogen and oxygen atoms in total. The number of hydrogen-bond donors (Lipinski definition) is 5. The summed E-state index contributed by atoms with van der Waals surface area (Å²) in [6.45, 7) is 0.0986. The van der Waals surface area contributed by atoms with Crippen molar-refractivity contribution in [3.05, 3.63) is 117 Å². The lowest BCUT2D eigenvalue weighted by Crippen LogP contribution is -2.41. The molecule has 58 heavy (non-hydrogen) atoms. The topological polar surface area (TPSA) is 264 Å². The highest BCUT2D eigenvalue weighted by atomic mass is 31.2. The standard InChI is InChI=1S/C39H34N7O11P/c1-3-54-58(53,55-4-2)56-20-19-24-9-11-25(12-10-24)21-31(47)29-7-5-6-8-32(29)57-33(48)18-17-30(38(51)52)44-36(49)26-13-15-27(16-14-26)41-22-28-23-42-35-34(43-28)37(50)46-39(40)45-35/h1-2,5-16,23,30,41H,17-22H2,(H,44,49)(H,51,52)(H3,40,42,45,46,50)/t30-/m0/s1. The number of carbonyl (C=O) groups excluding carboxylic acids is 3. The van der Waals surface area contributed by atoms with Crippen LogP contribution in [0.2, 0.25) is 0 Å². The molecule has 0 saturated carbocycles. The van der Waals surface area contributed by atoms with Gasteiger partial charge in [-0.25, -0.2) is 19.3 Å². The molecule has 2 aromatic heterocycles. The normalized spacial score (nSPS) is 11.3. The van der Waals surface area contributed by atoms with E-state index in [1.54, 1.807) is 60.7 Å². The number of para-hydroxylation sites is 1. The molecule has 0 saturated heterocycles. The van der Waals surface area contributed by atoms with E-state index in [1.165, 1.54) is 30.5 Å². The van der Waals surface area contributed by atoms with E-state index in [0.717, 1.165) is 5.56 Å². The van der Waals surface area contributed by atoms with E-state index >= 15 is 0 Å². The summed E-state index contributed by atoms with van der Waals surface area (Å²) in [7, 11) is -4.09. The van der Waals surface area contributed by atoms with Crippen molar-refractivity contribution in [2.24, 2.45) is 0 Å². The molecule has 5 aromatic rings. The van der Waals surface area contributed by atoms with Crippen LogP contribution < -0.4 is 26.7 Å². The van der Waals surface area contributed by atoms with E-state index in [9.17, 15) is 33.6 Å². The van der Waals surface area contributed by atoms with Gasteiger partial charge in [-0.05, 0) is 60.4 Å². The summed E-state index contributed by atoms with van der Waals surface area (Å²) >= 11 is 0. The molecule has 1 amide bonds. The number of carboxylic acid groups (broad SMARTS) is 1. The van der Waals surface area contributed by atoms with Crippen molar-refractivity contribution in [2.75, 3.05) is 17.7 Å². The van der Waals surface area contributed by atoms with E-state index in [1.807, 2.05) is 0 Å². The molecule has 6 N–H and O–H groups in total. The number of esters is 1. The number of nitrogen functional groups attached to an aromatic ring is 1. The fraction of sp³-hybridized carbons (Fsp3) is 0.179. The molecule has 0 radical (unpaired) electrons. The van der Waals surface area contributed by atoms with Crippen molar-refractivity contribution >= 4 is 54.3 Å². The number of aliphatic carboxylic acids is 1. The third-order valence-electron chi connectivity index (χ3n) is 8.12.